The standard InChI is InChI=1S/C16H20N4O5S/c1-10-4-6-12(7-5-10)26(24,25)20-8-11(9-21)17-13-14(20)18(2)16(23)19(3)15(13)22/h4-7,11,17,21H,8-9H2,1-3H3. The number of aryl methyl sites for hydroxylation is 1. The molecule has 26 heavy (non-hydrogen) atoms. The minimum Gasteiger partial charge on any atom is -0.394 e. The third-order valence-corrected chi connectivity index (χ3v) is 6.20. The lowest BCUT2D eigenvalue weighted by molar-refractivity contribution is 0.275. The predicted molar refractivity (Wildman–Crippen MR) is 97.1 cm³/mol. The van der Waals surface area contributed by atoms with E-state index in [1.807, 2.05) is 6.92 Å². The van der Waals surface area contributed by atoms with Crippen molar-refractivity contribution in [1.29, 1.82) is 0 Å². The van der Waals surface area contributed by atoms with Crippen molar-refractivity contribution in [2.45, 2.75) is 17.9 Å². The van der Waals surface area contributed by atoms with E-state index in [2.05, 4.69) is 5.32 Å². The summed E-state index contributed by atoms with van der Waals surface area (Å²) in [6, 6.07) is 5.61. The summed E-state index contributed by atoms with van der Waals surface area (Å²) in [5.74, 6) is -0.0385. The second-order valence-corrected chi connectivity index (χ2v) is 8.14. The fourth-order valence-corrected chi connectivity index (χ4v) is 4.49. The summed E-state index contributed by atoms with van der Waals surface area (Å²) in [7, 11) is -1.31. The first-order valence-corrected chi connectivity index (χ1v) is 9.39. The number of aliphatic hydroxyl groups excluding tert-OH is 1. The SMILES string of the molecule is Cc1ccc(S(=O)(=O)N2CC(CO)Nc3c2n(C)c(=O)n(C)c3=O)cc1. The number of aliphatic hydroxyl groups is 1. The lowest BCUT2D eigenvalue weighted by Crippen LogP contribution is -2.52. The largest absolute Gasteiger partial charge is 0.394 e. The van der Waals surface area contributed by atoms with E-state index >= 15 is 0 Å². The monoisotopic (exact) mass is 380 g/mol. The molecule has 0 radical (unpaired) electrons. The van der Waals surface area contributed by atoms with Gasteiger partial charge in [0, 0.05) is 14.1 Å². The molecule has 2 heterocycles. The second-order valence-electron chi connectivity index (χ2n) is 6.28. The summed E-state index contributed by atoms with van der Waals surface area (Å²) in [5.41, 5.74) is -0.415. The zero-order valence-electron chi connectivity index (χ0n) is 14.6. The zero-order chi connectivity index (χ0) is 19.2. The van der Waals surface area contributed by atoms with Crippen LogP contribution in [0.5, 0.6) is 0 Å². The van der Waals surface area contributed by atoms with E-state index in [9.17, 15) is 23.1 Å². The molecule has 1 aliphatic rings. The number of aromatic nitrogens is 2. The van der Waals surface area contributed by atoms with Crippen molar-refractivity contribution in [3.05, 3.63) is 50.7 Å². The lowest BCUT2D eigenvalue weighted by Gasteiger charge is -2.36. The number of hydrogen-bond donors (Lipinski definition) is 2. The molecule has 0 fully saturated rings. The molecule has 9 nitrogen and oxygen atoms in total. The first-order chi connectivity index (χ1) is 12.2. The number of nitrogens with zero attached hydrogens (tertiary/aromatic N) is 3. The molecule has 0 spiro atoms. The third kappa shape index (κ3) is 2.71. The molecule has 3 rings (SSSR count). The molecule has 0 saturated carbocycles. The van der Waals surface area contributed by atoms with Crippen molar-refractivity contribution < 1.29 is 13.5 Å². The molecule has 1 aliphatic heterocycles. The normalized spacial score (nSPS) is 16.9. The van der Waals surface area contributed by atoms with Crippen LogP contribution in [0.4, 0.5) is 11.5 Å². The molecule has 2 N–H and O–H groups in total. The van der Waals surface area contributed by atoms with Gasteiger partial charge in [0.2, 0.25) is 0 Å². The average Bonchev–Trinajstić information content (AvgIpc) is 2.63. The van der Waals surface area contributed by atoms with E-state index in [1.165, 1.54) is 26.2 Å². The number of fused-ring (bicyclic) bond motifs is 1. The number of benzene rings is 1. The summed E-state index contributed by atoms with van der Waals surface area (Å²) < 4.78 is 29.4. The van der Waals surface area contributed by atoms with Crippen molar-refractivity contribution in [2.75, 3.05) is 22.8 Å². The topological polar surface area (TPSA) is 114 Å². The first-order valence-electron chi connectivity index (χ1n) is 7.95. The molecule has 1 aromatic heterocycles. The number of anilines is 2. The molecule has 1 unspecified atom stereocenters. The van der Waals surface area contributed by atoms with Crippen LogP contribution in [0.3, 0.4) is 0 Å². The molecule has 140 valence electrons. The molecule has 0 aliphatic carbocycles. The van der Waals surface area contributed by atoms with Crippen molar-refractivity contribution in [3.63, 3.8) is 0 Å². The Hall–Kier alpha value is -2.59. The molecule has 10 heteroatoms. The van der Waals surface area contributed by atoms with E-state index in [0.717, 1.165) is 19.0 Å². The quantitative estimate of drug-likeness (QED) is 0.733. The van der Waals surface area contributed by atoms with Crippen molar-refractivity contribution in [2.24, 2.45) is 14.1 Å². The summed E-state index contributed by atoms with van der Waals surface area (Å²) in [6.07, 6.45) is 0. The van der Waals surface area contributed by atoms with Crippen LogP contribution < -0.4 is 20.9 Å². The Bertz CT molecular complexity index is 1070. The number of nitrogens with one attached hydrogen (secondary N) is 1. The van der Waals surface area contributed by atoms with Gasteiger partial charge in [0.05, 0.1) is 24.1 Å². The first kappa shape index (κ1) is 18.2. The highest BCUT2D eigenvalue weighted by Crippen LogP contribution is 2.31. The maximum Gasteiger partial charge on any atom is 0.332 e. The van der Waals surface area contributed by atoms with Gasteiger partial charge in [-0.25, -0.2) is 17.5 Å². The Morgan fingerprint density at radius 2 is 1.77 bits per heavy atom. The Morgan fingerprint density at radius 1 is 1.15 bits per heavy atom. The third-order valence-electron chi connectivity index (χ3n) is 4.43. The number of hydrogen-bond acceptors (Lipinski definition) is 6. The van der Waals surface area contributed by atoms with Gasteiger partial charge in [-0.3, -0.25) is 13.9 Å². The molecule has 0 amide bonds. The van der Waals surface area contributed by atoms with E-state index in [0.29, 0.717) is 0 Å². The zero-order valence-corrected chi connectivity index (χ0v) is 15.4. The van der Waals surface area contributed by atoms with Crippen LogP contribution in [-0.4, -0.2) is 41.9 Å². The highest BCUT2D eigenvalue weighted by Gasteiger charge is 2.37. The van der Waals surface area contributed by atoms with E-state index in [4.69, 9.17) is 0 Å². The van der Waals surface area contributed by atoms with Gasteiger partial charge in [-0.2, -0.15) is 0 Å². The molecule has 0 saturated heterocycles. The molecular weight excluding hydrogens is 360 g/mol. The highest BCUT2D eigenvalue weighted by molar-refractivity contribution is 7.92. The Kier molecular flexibility index (Phi) is 4.41. The van der Waals surface area contributed by atoms with Crippen molar-refractivity contribution >= 4 is 21.5 Å². The number of rotatable bonds is 3. The fraction of sp³-hybridized carbons (Fsp3) is 0.375. The molecule has 1 aromatic carbocycles. The van der Waals surface area contributed by atoms with Gasteiger partial charge in [0.25, 0.3) is 15.6 Å². The van der Waals surface area contributed by atoms with E-state index in [1.54, 1.807) is 12.1 Å². The van der Waals surface area contributed by atoms with Crippen molar-refractivity contribution in [1.82, 2.24) is 9.13 Å². The minimum atomic E-state index is -4.03. The van der Waals surface area contributed by atoms with Crippen LogP contribution in [-0.2, 0) is 24.1 Å². The molecular formula is C16H20N4O5S. The van der Waals surface area contributed by atoms with Gasteiger partial charge >= 0.3 is 5.69 Å². The van der Waals surface area contributed by atoms with Gasteiger partial charge in [-0.1, -0.05) is 17.7 Å². The summed E-state index contributed by atoms with van der Waals surface area (Å²) >= 11 is 0. The Morgan fingerprint density at radius 3 is 2.35 bits per heavy atom. The fourth-order valence-electron chi connectivity index (χ4n) is 2.94. The summed E-state index contributed by atoms with van der Waals surface area (Å²) in [4.78, 5) is 24.8. The maximum atomic E-state index is 13.2. The van der Waals surface area contributed by atoms with Gasteiger partial charge < -0.3 is 10.4 Å². The van der Waals surface area contributed by atoms with Crippen LogP contribution in [0.15, 0.2) is 38.8 Å². The maximum absolute atomic E-state index is 13.2. The predicted octanol–water partition coefficient (Wildman–Crippen LogP) is -0.626. The number of sulfonamides is 1. The Balaban J connectivity index is 2.28. The van der Waals surface area contributed by atoms with Crippen LogP contribution in [0, 0.1) is 6.92 Å². The van der Waals surface area contributed by atoms with Crippen LogP contribution in [0.1, 0.15) is 5.56 Å². The van der Waals surface area contributed by atoms with Gasteiger partial charge in [0.15, 0.2) is 5.82 Å². The Labute approximate surface area is 150 Å². The van der Waals surface area contributed by atoms with Crippen LogP contribution in [0.2, 0.25) is 0 Å². The minimum absolute atomic E-state index is 0.0319. The van der Waals surface area contributed by atoms with E-state index in [-0.39, 0.29) is 29.6 Å². The van der Waals surface area contributed by atoms with Crippen LogP contribution >= 0.6 is 0 Å². The summed E-state index contributed by atoms with van der Waals surface area (Å²) in [5, 5.41) is 12.4. The smallest absolute Gasteiger partial charge is 0.332 e. The summed E-state index contributed by atoms with van der Waals surface area (Å²) in [6.45, 7) is 1.36. The van der Waals surface area contributed by atoms with Gasteiger partial charge in [0.1, 0.15) is 5.69 Å². The average molecular weight is 380 g/mol. The van der Waals surface area contributed by atoms with E-state index < -0.39 is 27.3 Å². The molecule has 0 bridgehead atoms. The van der Waals surface area contributed by atoms with Gasteiger partial charge in [-0.15, -0.1) is 0 Å². The molecule has 1 atom stereocenters. The second kappa shape index (κ2) is 6.29. The lowest BCUT2D eigenvalue weighted by atomic mass is 10.2. The van der Waals surface area contributed by atoms with Crippen molar-refractivity contribution in [3.8, 4) is 0 Å². The molecule has 2 aromatic rings. The van der Waals surface area contributed by atoms with Crippen LogP contribution in [0.25, 0.3) is 0 Å². The van der Waals surface area contributed by atoms with Gasteiger partial charge in [-0.05, 0) is 19.1 Å². The highest BCUT2D eigenvalue weighted by atomic mass is 32.2.